The minimum absolute atomic E-state index is 0.00387. The highest BCUT2D eigenvalue weighted by Gasteiger charge is 2.30. The van der Waals surface area contributed by atoms with Gasteiger partial charge in [0.25, 0.3) is 0 Å². The van der Waals surface area contributed by atoms with Crippen LogP contribution in [-0.2, 0) is 19.2 Å². The Morgan fingerprint density at radius 2 is 1.37 bits per heavy atom. The number of nitrogens with two attached hydrogens (primary N) is 4. The molecule has 35 heavy (non-hydrogen) atoms. The highest BCUT2D eigenvalue weighted by Crippen LogP contribution is 2.08. The van der Waals surface area contributed by atoms with E-state index in [4.69, 9.17) is 28.0 Å². The summed E-state index contributed by atoms with van der Waals surface area (Å²) in [6, 6.07) is -4.50. The minimum Gasteiger partial charge on any atom is -0.480 e. The van der Waals surface area contributed by atoms with Crippen LogP contribution in [0.3, 0.4) is 0 Å². The summed E-state index contributed by atoms with van der Waals surface area (Å²) in [7, 11) is 0. The van der Waals surface area contributed by atoms with Crippen molar-refractivity contribution in [3.63, 3.8) is 0 Å². The first kappa shape index (κ1) is 32.0. The third kappa shape index (κ3) is 14.1. The molecule has 0 heterocycles. The second kappa shape index (κ2) is 17.5. The molecule has 0 saturated heterocycles. The van der Waals surface area contributed by atoms with E-state index in [-0.39, 0.29) is 37.7 Å². The van der Waals surface area contributed by atoms with Crippen LogP contribution in [0.15, 0.2) is 4.99 Å². The first-order valence-corrected chi connectivity index (χ1v) is 11.7. The maximum atomic E-state index is 13.0. The van der Waals surface area contributed by atoms with Crippen molar-refractivity contribution in [1.29, 1.82) is 0 Å². The molecule has 0 radical (unpaired) electrons. The summed E-state index contributed by atoms with van der Waals surface area (Å²) in [5.74, 6) is -3.38. The standard InChI is InChI=1S/C21H42N8O6/c1-12(2)10-16(20(34)35)29-19(33)15(7-5-9-26-21(24)25)28-18(32)14(6-3-4-8-22)27-17(31)13(23)11-30/h12-16,30H,3-11,22-23H2,1-2H3,(H,27,31)(H,28,32)(H,29,33)(H,34,35)(H4,24,25,26). The van der Waals surface area contributed by atoms with Crippen LogP contribution in [0.1, 0.15) is 52.4 Å². The molecular weight excluding hydrogens is 460 g/mol. The molecule has 0 aliphatic carbocycles. The Kier molecular flexibility index (Phi) is 16.0. The normalized spacial score (nSPS) is 14.3. The second-order valence-electron chi connectivity index (χ2n) is 8.67. The van der Waals surface area contributed by atoms with E-state index in [1.54, 1.807) is 0 Å². The number of rotatable bonds is 18. The predicted octanol–water partition coefficient (Wildman–Crippen LogP) is -2.93. The summed E-state index contributed by atoms with van der Waals surface area (Å²) >= 11 is 0. The van der Waals surface area contributed by atoms with Gasteiger partial charge < -0.3 is 49.1 Å². The highest BCUT2D eigenvalue weighted by atomic mass is 16.4. The average molecular weight is 503 g/mol. The fraction of sp³-hybridized carbons (Fsp3) is 0.762. The lowest BCUT2D eigenvalue weighted by atomic mass is 10.0. The Labute approximate surface area is 205 Å². The lowest BCUT2D eigenvalue weighted by molar-refractivity contribution is -0.142. The molecule has 14 nitrogen and oxygen atoms in total. The molecule has 0 aromatic carbocycles. The molecule has 0 rings (SSSR count). The number of hydrogen-bond donors (Lipinski definition) is 9. The molecule has 3 amide bonds. The zero-order chi connectivity index (χ0) is 27.0. The van der Waals surface area contributed by atoms with E-state index in [1.165, 1.54) is 0 Å². The number of aliphatic carboxylic acids is 1. The first-order chi connectivity index (χ1) is 16.4. The summed E-state index contributed by atoms with van der Waals surface area (Å²) < 4.78 is 0. The molecule has 0 aromatic heterocycles. The number of carbonyl (C=O) groups is 4. The van der Waals surface area contributed by atoms with Gasteiger partial charge in [-0.15, -0.1) is 0 Å². The molecule has 0 aliphatic rings. The zero-order valence-corrected chi connectivity index (χ0v) is 20.5. The monoisotopic (exact) mass is 502 g/mol. The van der Waals surface area contributed by atoms with E-state index in [9.17, 15) is 24.3 Å². The van der Waals surface area contributed by atoms with Gasteiger partial charge in [0.1, 0.15) is 24.2 Å². The Balaban J connectivity index is 5.58. The molecule has 0 saturated carbocycles. The minimum atomic E-state index is -1.22. The van der Waals surface area contributed by atoms with Crippen LogP contribution in [-0.4, -0.2) is 83.7 Å². The molecular formula is C21H42N8O6. The van der Waals surface area contributed by atoms with Gasteiger partial charge in [0.05, 0.1) is 6.61 Å². The number of amides is 3. The van der Waals surface area contributed by atoms with Crippen molar-refractivity contribution >= 4 is 29.7 Å². The lowest BCUT2D eigenvalue weighted by Gasteiger charge is -2.25. The zero-order valence-electron chi connectivity index (χ0n) is 20.5. The molecule has 0 spiro atoms. The number of aliphatic hydroxyl groups is 1. The van der Waals surface area contributed by atoms with Crippen LogP contribution in [0.4, 0.5) is 0 Å². The third-order valence-electron chi connectivity index (χ3n) is 5.01. The molecule has 14 heteroatoms. The number of aliphatic imine (C=N–C) groups is 1. The van der Waals surface area contributed by atoms with Gasteiger partial charge in [0, 0.05) is 6.54 Å². The number of guanidine groups is 1. The number of carboxylic acid groups (broad SMARTS) is 1. The van der Waals surface area contributed by atoms with Crippen molar-refractivity contribution in [3.05, 3.63) is 0 Å². The van der Waals surface area contributed by atoms with Crippen molar-refractivity contribution in [1.82, 2.24) is 16.0 Å². The van der Waals surface area contributed by atoms with Crippen LogP contribution in [0.5, 0.6) is 0 Å². The summed E-state index contributed by atoms with van der Waals surface area (Å²) in [4.78, 5) is 53.5. The fourth-order valence-electron chi connectivity index (χ4n) is 3.13. The van der Waals surface area contributed by atoms with E-state index in [0.29, 0.717) is 25.8 Å². The second-order valence-corrected chi connectivity index (χ2v) is 8.67. The molecule has 202 valence electrons. The molecule has 0 bridgehead atoms. The van der Waals surface area contributed by atoms with Gasteiger partial charge in [0.2, 0.25) is 17.7 Å². The Bertz CT molecular complexity index is 714. The summed E-state index contributed by atoms with van der Waals surface area (Å²) in [5, 5.41) is 26.1. The largest absolute Gasteiger partial charge is 0.480 e. The smallest absolute Gasteiger partial charge is 0.326 e. The first-order valence-electron chi connectivity index (χ1n) is 11.7. The number of carboxylic acids is 1. The van der Waals surface area contributed by atoms with Crippen molar-refractivity contribution in [2.24, 2.45) is 33.8 Å². The van der Waals surface area contributed by atoms with Crippen LogP contribution in [0.25, 0.3) is 0 Å². The van der Waals surface area contributed by atoms with Gasteiger partial charge in [-0.25, -0.2) is 4.79 Å². The number of unbranched alkanes of at least 4 members (excludes halogenated alkanes) is 1. The van der Waals surface area contributed by atoms with Crippen LogP contribution in [0.2, 0.25) is 0 Å². The quantitative estimate of drug-likeness (QED) is 0.0523. The van der Waals surface area contributed by atoms with Crippen molar-refractivity contribution in [2.45, 2.75) is 76.5 Å². The number of nitrogens with one attached hydrogen (secondary N) is 3. The van der Waals surface area contributed by atoms with Gasteiger partial charge in [0.15, 0.2) is 5.96 Å². The summed E-state index contributed by atoms with van der Waals surface area (Å²) in [6.45, 7) is 3.62. The van der Waals surface area contributed by atoms with E-state index in [1.807, 2.05) is 13.8 Å². The number of nitrogens with zero attached hydrogens (tertiary/aromatic N) is 1. The molecule has 4 unspecified atom stereocenters. The molecule has 13 N–H and O–H groups in total. The highest BCUT2D eigenvalue weighted by molar-refractivity contribution is 5.94. The van der Waals surface area contributed by atoms with Crippen LogP contribution < -0.4 is 38.9 Å². The SMILES string of the molecule is CC(C)CC(NC(=O)C(CCCN=C(N)N)NC(=O)C(CCCCN)NC(=O)C(N)CO)C(=O)O. The Morgan fingerprint density at radius 1 is 0.857 bits per heavy atom. The Morgan fingerprint density at radius 3 is 1.83 bits per heavy atom. The maximum absolute atomic E-state index is 13.0. The molecule has 0 aliphatic heterocycles. The van der Waals surface area contributed by atoms with Gasteiger partial charge in [-0.05, 0) is 51.0 Å². The van der Waals surface area contributed by atoms with Gasteiger partial charge in [-0.1, -0.05) is 13.8 Å². The van der Waals surface area contributed by atoms with E-state index < -0.39 is 54.5 Å². The van der Waals surface area contributed by atoms with Crippen LogP contribution >= 0.6 is 0 Å². The van der Waals surface area contributed by atoms with E-state index >= 15 is 0 Å². The Hall–Kier alpha value is -2.97. The van der Waals surface area contributed by atoms with E-state index in [2.05, 4.69) is 20.9 Å². The molecule has 0 aromatic rings. The molecule has 4 atom stereocenters. The van der Waals surface area contributed by atoms with Crippen molar-refractivity contribution in [3.8, 4) is 0 Å². The molecule has 0 fully saturated rings. The van der Waals surface area contributed by atoms with Gasteiger partial charge >= 0.3 is 5.97 Å². The van der Waals surface area contributed by atoms with Gasteiger partial charge in [-0.3, -0.25) is 19.4 Å². The lowest BCUT2D eigenvalue weighted by Crippen LogP contribution is -2.57. The topological polar surface area (TPSA) is 261 Å². The number of aliphatic hydroxyl groups excluding tert-OH is 1. The van der Waals surface area contributed by atoms with Crippen LogP contribution in [0, 0.1) is 5.92 Å². The summed E-state index contributed by atoms with van der Waals surface area (Å²) in [5.41, 5.74) is 21.7. The average Bonchev–Trinajstić information content (AvgIpc) is 2.78. The maximum Gasteiger partial charge on any atom is 0.326 e. The van der Waals surface area contributed by atoms with Gasteiger partial charge in [-0.2, -0.15) is 0 Å². The number of carbonyl (C=O) groups excluding carboxylic acids is 3. The number of hydrogen-bond acceptors (Lipinski definition) is 8. The predicted molar refractivity (Wildman–Crippen MR) is 131 cm³/mol. The third-order valence-corrected chi connectivity index (χ3v) is 5.01. The van der Waals surface area contributed by atoms with Crippen molar-refractivity contribution in [2.75, 3.05) is 19.7 Å². The fourth-order valence-corrected chi connectivity index (χ4v) is 3.13. The van der Waals surface area contributed by atoms with Crippen molar-refractivity contribution < 1.29 is 29.4 Å². The summed E-state index contributed by atoms with van der Waals surface area (Å²) in [6.07, 6.45) is 1.97. The van der Waals surface area contributed by atoms with E-state index in [0.717, 1.165) is 0 Å².